The zero-order valence-corrected chi connectivity index (χ0v) is 15.4. The molecule has 0 heterocycles. The summed E-state index contributed by atoms with van der Waals surface area (Å²) >= 11 is 12.1. The molecule has 132 valence electrons. The summed E-state index contributed by atoms with van der Waals surface area (Å²) in [6.45, 7) is 2.31. The first-order valence-electron chi connectivity index (χ1n) is 7.96. The van der Waals surface area contributed by atoms with E-state index in [-0.39, 0.29) is 31.3 Å². The molecule has 0 saturated heterocycles. The number of para-hydroxylation sites is 1. The predicted molar refractivity (Wildman–Crippen MR) is 100 cm³/mol. The van der Waals surface area contributed by atoms with Crippen molar-refractivity contribution in [3.05, 3.63) is 64.1 Å². The lowest BCUT2D eigenvalue weighted by molar-refractivity contribution is -0.142. The Hall–Kier alpha value is -2.04. The molecule has 0 bridgehead atoms. The molecule has 0 unspecified atom stereocenters. The van der Waals surface area contributed by atoms with Crippen LogP contribution in [0.25, 0.3) is 0 Å². The minimum atomic E-state index is -0.333. The van der Waals surface area contributed by atoms with Gasteiger partial charge in [0.1, 0.15) is 0 Å². The summed E-state index contributed by atoms with van der Waals surface area (Å²) in [6.07, 6.45) is 0.247. The van der Waals surface area contributed by atoms with Crippen molar-refractivity contribution in [2.45, 2.75) is 19.8 Å². The molecule has 0 aliphatic rings. The van der Waals surface area contributed by atoms with Crippen LogP contribution in [-0.2, 0) is 20.7 Å². The Morgan fingerprint density at radius 2 is 1.80 bits per heavy atom. The Balaban J connectivity index is 2.16. The predicted octanol–water partition coefficient (Wildman–Crippen LogP) is 4.52. The summed E-state index contributed by atoms with van der Waals surface area (Å²) in [5, 5.41) is 0.961. The molecular formula is C19H19Cl2NO3. The summed E-state index contributed by atoms with van der Waals surface area (Å²) in [6, 6.07) is 14.2. The summed E-state index contributed by atoms with van der Waals surface area (Å²) < 4.78 is 4.95. The van der Waals surface area contributed by atoms with E-state index in [1.54, 1.807) is 30.0 Å². The maximum atomic E-state index is 12.8. The van der Waals surface area contributed by atoms with Gasteiger partial charge in [-0.25, -0.2) is 0 Å². The number of ether oxygens (including phenoxy) is 1. The van der Waals surface area contributed by atoms with Crippen LogP contribution in [0.5, 0.6) is 0 Å². The second kappa shape index (κ2) is 9.44. The third kappa shape index (κ3) is 5.76. The minimum absolute atomic E-state index is 0.119. The van der Waals surface area contributed by atoms with Gasteiger partial charge in [0.05, 0.1) is 19.4 Å². The SMILES string of the molecule is CCOC(=O)CCN(C(=O)Cc1ccc(Cl)cc1Cl)c1ccccc1. The summed E-state index contributed by atoms with van der Waals surface area (Å²) in [5.41, 5.74) is 1.41. The average molecular weight is 380 g/mol. The molecular weight excluding hydrogens is 361 g/mol. The molecule has 1 amide bonds. The number of rotatable bonds is 7. The van der Waals surface area contributed by atoms with Crippen LogP contribution in [-0.4, -0.2) is 25.0 Å². The van der Waals surface area contributed by atoms with Gasteiger partial charge in [0.15, 0.2) is 0 Å². The monoisotopic (exact) mass is 379 g/mol. The standard InChI is InChI=1S/C19H19Cl2NO3/c1-2-25-19(24)10-11-22(16-6-4-3-5-7-16)18(23)12-14-8-9-15(20)13-17(14)21/h3-9,13H,2,10-12H2,1H3. The zero-order chi connectivity index (χ0) is 18.2. The van der Waals surface area contributed by atoms with Crippen LogP contribution < -0.4 is 4.90 Å². The van der Waals surface area contributed by atoms with Crippen LogP contribution in [0.3, 0.4) is 0 Å². The van der Waals surface area contributed by atoms with Crippen LogP contribution in [0.15, 0.2) is 48.5 Å². The fourth-order valence-electron chi connectivity index (χ4n) is 2.37. The molecule has 0 radical (unpaired) electrons. The van der Waals surface area contributed by atoms with E-state index in [1.165, 1.54) is 0 Å². The van der Waals surface area contributed by atoms with Gasteiger partial charge in [-0.2, -0.15) is 0 Å². The normalized spacial score (nSPS) is 10.4. The molecule has 2 rings (SSSR count). The number of hydrogen-bond acceptors (Lipinski definition) is 3. The van der Waals surface area contributed by atoms with E-state index in [4.69, 9.17) is 27.9 Å². The smallest absolute Gasteiger partial charge is 0.307 e. The maximum absolute atomic E-state index is 12.8. The molecule has 0 N–H and O–H groups in total. The Kier molecular flexibility index (Phi) is 7.29. The third-order valence-corrected chi connectivity index (χ3v) is 4.16. The molecule has 0 aliphatic heterocycles. The molecule has 4 nitrogen and oxygen atoms in total. The van der Waals surface area contributed by atoms with Gasteiger partial charge in [0.25, 0.3) is 0 Å². The van der Waals surface area contributed by atoms with E-state index in [2.05, 4.69) is 0 Å². The lowest BCUT2D eigenvalue weighted by Gasteiger charge is -2.23. The molecule has 0 saturated carbocycles. The van der Waals surface area contributed by atoms with E-state index in [9.17, 15) is 9.59 Å². The van der Waals surface area contributed by atoms with Crippen molar-refractivity contribution in [2.24, 2.45) is 0 Å². The molecule has 0 aliphatic carbocycles. The van der Waals surface area contributed by atoms with Crippen molar-refractivity contribution >= 4 is 40.8 Å². The molecule has 6 heteroatoms. The maximum Gasteiger partial charge on any atom is 0.307 e. The number of benzene rings is 2. The Morgan fingerprint density at radius 3 is 2.44 bits per heavy atom. The summed E-state index contributed by atoms with van der Waals surface area (Å²) in [5.74, 6) is -0.486. The first-order chi connectivity index (χ1) is 12.0. The van der Waals surface area contributed by atoms with Crippen molar-refractivity contribution in [1.82, 2.24) is 0 Å². The summed E-state index contributed by atoms with van der Waals surface area (Å²) in [4.78, 5) is 26.0. The quantitative estimate of drug-likeness (QED) is 0.664. The lowest BCUT2D eigenvalue weighted by atomic mass is 10.1. The fourth-order valence-corrected chi connectivity index (χ4v) is 2.84. The number of carbonyl (C=O) groups is 2. The third-order valence-electron chi connectivity index (χ3n) is 3.57. The molecule has 2 aromatic rings. The lowest BCUT2D eigenvalue weighted by Crippen LogP contribution is -2.34. The first-order valence-corrected chi connectivity index (χ1v) is 8.71. The number of esters is 1. The van der Waals surface area contributed by atoms with Gasteiger partial charge in [-0.1, -0.05) is 47.5 Å². The van der Waals surface area contributed by atoms with Crippen LogP contribution in [0.4, 0.5) is 5.69 Å². The van der Waals surface area contributed by atoms with Crippen molar-refractivity contribution in [2.75, 3.05) is 18.1 Å². The number of anilines is 1. The highest BCUT2D eigenvalue weighted by Gasteiger charge is 2.19. The van der Waals surface area contributed by atoms with Crippen LogP contribution in [0.2, 0.25) is 10.0 Å². The number of nitrogens with zero attached hydrogens (tertiary/aromatic N) is 1. The van der Waals surface area contributed by atoms with Crippen molar-refractivity contribution in [1.29, 1.82) is 0 Å². The van der Waals surface area contributed by atoms with Gasteiger partial charge >= 0.3 is 5.97 Å². The molecule has 0 aromatic heterocycles. The Morgan fingerprint density at radius 1 is 1.08 bits per heavy atom. The van der Waals surface area contributed by atoms with Crippen LogP contribution in [0.1, 0.15) is 18.9 Å². The van der Waals surface area contributed by atoms with E-state index in [1.807, 2.05) is 30.3 Å². The topological polar surface area (TPSA) is 46.6 Å². The number of amides is 1. The van der Waals surface area contributed by atoms with Gasteiger partial charge in [0, 0.05) is 22.3 Å². The van der Waals surface area contributed by atoms with E-state index in [0.29, 0.717) is 22.2 Å². The number of halogens is 2. The Bertz CT molecular complexity index is 735. The Labute approximate surface area is 157 Å². The highest BCUT2D eigenvalue weighted by molar-refractivity contribution is 6.35. The van der Waals surface area contributed by atoms with E-state index in [0.717, 1.165) is 5.69 Å². The van der Waals surface area contributed by atoms with Crippen LogP contribution in [0, 0.1) is 0 Å². The summed E-state index contributed by atoms with van der Waals surface area (Å²) in [7, 11) is 0. The van der Waals surface area contributed by atoms with E-state index >= 15 is 0 Å². The van der Waals surface area contributed by atoms with Gasteiger partial charge in [-0.05, 0) is 36.8 Å². The van der Waals surface area contributed by atoms with Gasteiger partial charge in [0.2, 0.25) is 5.91 Å². The molecule has 0 spiro atoms. The van der Waals surface area contributed by atoms with E-state index < -0.39 is 0 Å². The van der Waals surface area contributed by atoms with Crippen molar-refractivity contribution < 1.29 is 14.3 Å². The minimum Gasteiger partial charge on any atom is -0.466 e. The van der Waals surface area contributed by atoms with Crippen molar-refractivity contribution in [3.63, 3.8) is 0 Å². The number of carbonyl (C=O) groups excluding carboxylic acids is 2. The molecule has 0 atom stereocenters. The first kappa shape index (κ1) is 19.3. The highest BCUT2D eigenvalue weighted by atomic mass is 35.5. The fraction of sp³-hybridized carbons (Fsp3) is 0.263. The number of hydrogen-bond donors (Lipinski definition) is 0. The van der Waals surface area contributed by atoms with Gasteiger partial charge < -0.3 is 9.64 Å². The molecule has 0 fully saturated rings. The second-order valence-electron chi connectivity index (χ2n) is 5.35. The van der Waals surface area contributed by atoms with Crippen LogP contribution >= 0.6 is 23.2 Å². The largest absolute Gasteiger partial charge is 0.466 e. The van der Waals surface area contributed by atoms with Gasteiger partial charge in [-0.15, -0.1) is 0 Å². The van der Waals surface area contributed by atoms with Gasteiger partial charge in [-0.3, -0.25) is 9.59 Å². The highest BCUT2D eigenvalue weighted by Crippen LogP contribution is 2.23. The average Bonchev–Trinajstić information content (AvgIpc) is 2.59. The zero-order valence-electron chi connectivity index (χ0n) is 13.9. The molecule has 2 aromatic carbocycles. The van der Waals surface area contributed by atoms with Crippen molar-refractivity contribution in [3.8, 4) is 0 Å². The second-order valence-corrected chi connectivity index (χ2v) is 6.19. The molecule has 25 heavy (non-hydrogen) atoms.